The fraction of sp³-hybridized carbons (Fsp3) is 0.100. The fourth-order valence-electron chi connectivity index (χ4n) is 1.25. The van der Waals surface area contributed by atoms with Crippen LogP contribution in [0.1, 0.15) is 5.56 Å². The summed E-state index contributed by atoms with van der Waals surface area (Å²) in [5, 5.41) is 0. The van der Waals surface area contributed by atoms with Crippen LogP contribution < -0.4 is 5.76 Å². The zero-order valence-electron chi connectivity index (χ0n) is 7.29. The van der Waals surface area contributed by atoms with Gasteiger partial charge in [0.2, 0.25) is 0 Å². The first-order valence-corrected chi connectivity index (χ1v) is 4.68. The van der Waals surface area contributed by atoms with Gasteiger partial charge in [-0.05, 0) is 17.7 Å². The monoisotopic (exact) mass is 209 g/mol. The van der Waals surface area contributed by atoms with Crippen molar-refractivity contribution in [2.24, 2.45) is 0 Å². The van der Waals surface area contributed by atoms with Gasteiger partial charge in [-0.25, -0.2) is 4.79 Å². The van der Waals surface area contributed by atoms with Crippen molar-refractivity contribution in [3.05, 3.63) is 40.4 Å². The van der Waals surface area contributed by atoms with Gasteiger partial charge in [0.1, 0.15) is 0 Å². The highest BCUT2D eigenvalue weighted by Gasteiger charge is 1.99. The lowest BCUT2D eigenvalue weighted by Crippen LogP contribution is -1.92. The van der Waals surface area contributed by atoms with Crippen molar-refractivity contribution in [1.82, 2.24) is 4.98 Å². The van der Waals surface area contributed by atoms with Crippen molar-refractivity contribution in [2.75, 3.05) is 5.88 Å². The van der Waals surface area contributed by atoms with E-state index in [0.717, 1.165) is 5.56 Å². The van der Waals surface area contributed by atoms with Gasteiger partial charge in [0, 0.05) is 5.88 Å². The lowest BCUT2D eigenvalue weighted by atomic mass is 10.2. The largest absolute Gasteiger partial charge is 0.417 e. The Morgan fingerprint density at radius 1 is 1.50 bits per heavy atom. The number of halogens is 1. The van der Waals surface area contributed by atoms with Gasteiger partial charge in [-0.1, -0.05) is 18.2 Å². The van der Waals surface area contributed by atoms with Crippen LogP contribution in [0.3, 0.4) is 0 Å². The van der Waals surface area contributed by atoms with Gasteiger partial charge < -0.3 is 4.42 Å². The molecule has 0 atom stereocenters. The average Bonchev–Trinajstić information content (AvgIpc) is 2.54. The summed E-state index contributed by atoms with van der Waals surface area (Å²) in [5.41, 5.74) is 2.23. The Hall–Kier alpha value is -1.48. The number of aromatic nitrogens is 1. The molecule has 0 saturated carbocycles. The molecule has 0 unspecified atom stereocenters. The Labute approximate surface area is 85.0 Å². The molecule has 0 saturated heterocycles. The van der Waals surface area contributed by atoms with Crippen molar-refractivity contribution in [2.45, 2.75) is 0 Å². The second-order valence-electron chi connectivity index (χ2n) is 2.83. The number of hydrogen-bond donors (Lipinski definition) is 1. The van der Waals surface area contributed by atoms with E-state index in [9.17, 15) is 4.79 Å². The third kappa shape index (κ3) is 1.72. The molecule has 0 bridgehead atoms. The Kier molecular flexibility index (Phi) is 2.41. The molecule has 0 fully saturated rings. The summed E-state index contributed by atoms with van der Waals surface area (Å²) in [6, 6.07) is 5.47. The highest BCUT2D eigenvalue weighted by atomic mass is 35.5. The average molecular weight is 210 g/mol. The maximum absolute atomic E-state index is 10.9. The van der Waals surface area contributed by atoms with Gasteiger partial charge in [-0.3, -0.25) is 4.98 Å². The van der Waals surface area contributed by atoms with Crippen LogP contribution in [0.4, 0.5) is 0 Å². The lowest BCUT2D eigenvalue weighted by Gasteiger charge is -1.91. The molecular weight excluding hydrogens is 202 g/mol. The van der Waals surface area contributed by atoms with E-state index in [1.807, 2.05) is 18.2 Å². The van der Waals surface area contributed by atoms with Crippen molar-refractivity contribution >= 4 is 28.8 Å². The minimum atomic E-state index is -0.432. The summed E-state index contributed by atoms with van der Waals surface area (Å²) < 4.78 is 4.91. The molecule has 0 amide bonds. The number of hydrogen-bond acceptors (Lipinski definition) is 2. The molecule has 4 heteroatoms. The lowest BCUT2D eigenvalue weighted by molar-refractivity contribution is 0.555. The Balaban J connectivity index is 2.50. The smallest absolute Gasteiger partial charge is 0.408 e. The molecule has 0 radical (unpaired) electrons. The fourth-order valence-corrected chi connectivity index (χ4v) is 1.34. The molecule has 1 heterocycles. The molecule has 1 N–H and O–H groups in total. The molecule has 2 rings (SSSR count). The molecule has 0 spiro atoms. The standard InChI is InChI=1S/C10H8ClNO2/c11-5-1-2-7-3-4-8-9(6-7)14-10(13)12-8/h1-4,6H,5H2,(H,12,13). The van der Waals surface area contributed by atoms with Gasteiger partial charge in [0.05, 0.1) is 5.52 Å². The quantitative estimate of drug-likeness (QED) is 0.772. The summed E-state index contributed by atoms with van der Waals surface area (Å²) in [4.78, 5) is 13.4. The molecule has 14 heavy (non-hydrogen) atoms. The van der Waals surface area contributed by atoms with Crippen LogP contribution in [0, 0.1) is 0 Å². The highest BCUT2D eigenvalue weighted by molar-refractivity contribution is 6.19. The van der Waals surface area contributed by atoms with E-state index < -0.39 is 5.76 Å². The third-order valence-corrected chi connectivity index (χ3v) is 2.02. The molecule has 2 aromatic rings. The molecule has 1 aromatic carbocycles. The van der Waals surface area contributed by atoms with Crippen LogP contribution in [-0.2, 0) is 0 Å². The van der Waals surface area contributed by atoms with E-state index >= 15 is 0 Å². The zero-order valence-corrected chi connectivity index (χ0v) is 8.04. The predicted molar refractivity (Wildman–Crippen MR) is 56.6 cm³/mol. The molecule has 3 nitrogen and oxygen atoms in total. The zero-order chi connectivity index (χ0) is 9.97. The predicted octanol–water partition coefficient (Wildman–Crippen LogP) is 2.37. The van der Waals surface area contributed by atoms with Crippen LogP contribution in [0.15, 0.2) is 33.5 Å². The number of aromatic amines is 1. The highest BCUT2D eigenvalue weighted by Crippen LogP contribution is 2.13. The number of rotatable bonds is 2. The Morgan fingerprint density at radius 3 is 3.14 bits per heavy atom. The second-order valence-corrected chi connectivity index (χ2v) is 3.14. The van der Waals surface area contributed by atoms with Crippen LogP contribution in [0.5, 0.6) is 0 Å². The maximum atomic E-state index is 10.9. The van der Waals surface area contributed by atoms with E-state index in [1.165, 1.54) is 0 Å². The first-order chi connectivity index (χ1) is 6.79. The van der Waals surface area contributed by atoms with Gasteiger partial charge in [-0.15, -0.1) is 11.6 Å². The van der Waals surface area contributed by atoms with Crippen LogP contribution in [0.2, 0.25) is 0 Å². The van der Waals surface area contributed by atoms with E-state index in [4.69, 9.17) is 16.0 Å². The SMILES string of the molecule is O=c1[nH]c2ccc(C=CCCl)cc2o1. The Morgan fingerprint density at radius 2 is 2.36 bits per heavy atom. The summed E-state index contributed by atoms with van der Waals surface area (Å²) >= 11 is 5.51. The molecule has 1 aromatic heterocycles. The van der Waals surface area contributed by atoms with E-state index in [1.54, 1.807) is 12.1 Å². The van der Waals surface area contributed by atoms with Crippen LogP contribution >= 0.6 is 11.6 Å². The Bertz CT molecular complexity index is 524. The summed E-state index contributed by atoms with van der Waals surface area (Å²) in [6.45, 7) is 0. The first kappa shape index (κ1) is 9.09. The second kappa shape index (κ2) is 3.72. The van der Waals surface area contributed by atoms with Crippen LogP contribution in [-0.4, -0.2) is 10.9 Å². The number of alkyl halides is 1. The third-order valence-electron chi connectivity index (χ3n) is 1.84. The first-order valence-electron chi connectivity index (χ1n) is 4.15. The number of benzene rings is 1. The summed E-state index contributed by atoms with van der Waals surface area (Å²) in [5.74, 6) is 0.0354. The van der Waals surface area contributed by atoms with Gasteiger partial charge in [0.25, 0.3) is 0 Å². The number of nitrogens with one attached hydrogen (secondary N) is 1. The molecule has 0 aliphatic rings. The van der Waals surface area contributed by atoms with Gasteiger partial charge in [-0.2, -0.15) is 0 Å². The molecule has 0 aliphatic heterocycles. The topological polar surface area (TPSA) is 46.0 Å². The van der Waals surface area contributed by atoms with Gasteiger partial charge in [0.15, 0.2) is 5.58 Å². The number of oxazole rings is 1. The summed E-state index contributed by atoms with van der Waals surface area (Å²) in [7, 11) is 0. The molecule has 0 aliphatic carbocycles. The van der Waals surface area contributed by atoms with Crippen molar-refractivity contribution in [1.29, 1.82) is 0 Å². The molecule has 72 valence electrons. The van der Waals surface area contributed by atoms with Crippen molar-refractivity contribution in [3.63, 3.8) is 0 Å². The van der Waals surface area contributed by atoms with Crippen LogP contribution in [0.25, 0.3) is 17.2 Å². The normalized spacial score (nSPS) is 11.5. The van der Waals surface area contributed by atoms with E-state index in [0.29, 0.717) is 17.0 Å². The minimum Gasteiger partial charge on any atom is -0.408 e. The minimum absolute atomic E-state index is 0.432. The van der Waals surface area contributed by atoms with Crippen molar-refractivity contribution < 1.29 is 4.42 Å². The summed E-state index contributed by atoms with van der Waals surface area (Å²) in [6.07, 6.45) is 3.70. The maximum Gasteiger partial charge on any atom is 0.417 e. The van der Waals surface area contributed by atoms with Gasteiger partial charge >= 0.3 is 5.76 Å². The molecular formula is C10H8ClNO2. The van der Waals surface area contributed by atoms with E-state index in [-0.39, 0.29) is 0 Å². The number of allylic oxidation sites excluding steroid dienone is 1. The number of H-pyrrole nitrogens is 1. The van der Waals surface area contributed by atoms with E-state index in [2.05, 4.69) is 4.98 Å². The number of fused-ring (bicyclic) bond motifs is 1. The van der Waals surface area contributed by atoms with Crippen molar-refractivity contribution in [3.8, 4) is 0 Å².